The maximum absolute atomic E-state index is 14.8. The highest BCUT2D eigenvalue weighted by Crippen LogP contribution is 2.38. The lowest BCUT2D eigenvalue weighted by atomic mass is 9.88. The zero-order valence-electron chi connectivity index (χ0n) is 17.3. The Bertz CT molecular complexity index is 1090. The van der Waals surface area contributed by atoms with Crippen LogP contribution in [0.2, 0.25) is 0 Å². The Morgan fingerprint density at radius 3 is 2.28 bits per heavy atom. The standard InChI is InChI=1S/C26H25FN2/c1-18-16-26(2,3)29(4)25-15-24(27)21(14-23(18)25)17-28-22-12-10-20(11-13-22)19-8-6-5-7-9-19/h5-17H,1-4H3. The van der Waals surface area contributed by atoms with Crippen LogP contribution in [0, 0.1) is 5.82 Å². The molecule has 0 aliphatic carbocycles. The molecule has 0 amide bonds. The van der Waals surface area contributed by atoms with E-state index < -0.39 is 0 Å². The lowest BCUT2D eigenvalue weighted by Crippen LogP contribution is -2.42. The molecular weight excluding hydrogens is 359 g/mol. The van der Waals surface area contributed by atoms with Crippen LogP contribution in [0.5, 0.6) is 0 Å². The van der Waals surface area contributed by atoms with Crippen LogP contribution in [-0.4, -0.2) is 18.8 Å². The van der Waals surface area contributed by atoms with Crippen molar-refractivity contribution in [2.24, 2.45) is 4.99 Å². The average molecular weight is 384 g/mol. The SMILES string of the molecule is CC1=CC(C)(C)N(C)c2cc(F)c(C=Nc3ccc(-c4ccccc4)cc3)cc21. The van der Waals surface area contributed by atoms with Crippen molar-refractivity contribution < 1.29 is 4.39 Å². The number of fused-ring (bicyclic) bond motifs is 1. The first kappa shape index (κ1) is 19.1. The molecule has 0 fully saturated rings. The van der Waals surface area contributed by atoms with E-state index >= 15 is 0 Å². The Morgan fingerprint density at radius 2 is 1.59 bits per heavy atom. The van der Waals surface area contributed by atoms with Gasteiger partial charge in [-0.3, -0.25) is 4.99 Å². The van der Waals surface area contributed by atoms with Crippen LogP contribution >= 0.6 is 0 Å². The van der Waals surface area contributed by atoms with Gasteiger partial charge >= 0.3 is 0 Å². The third-order valence-corrected chi connectivity index (χ3v) is 5.66. The summed E-state index contributed by atoms with van der Waals surface area (Å²) in [6, 6.07) is 21.7. The van der Waals surface area contributed by atoms with Crippen LogP contribution in [0.3, 0.4) is 0 Å². The molecule has 0 N–H and O–H groups in total. The first-order valence-corrected chi connectivity index (χ1v) is 9.82. The number of nitrogens with zero attached hydrogens (tertiary/aromatic N) is 2. The smallest absolute Gasteiger partial charge is 0.134 e. The van der Waals surface area contributed by atoms with Gasteiger partial charge < -0.3 is 4.90 Å². The van der Waals surface area contributed by atoms with Crippen molar-refractivity contribution >= 4 is 23.2 Å². The predicted molar refractivity (Wildman–Crippen MR) is 122 cm³/mol. The summed E-state index contributed by atoms with van der Waals surface area (Å²) in [5, 5.41) is 0. The van der Waals surface area contributed by atoms with Crippen molar-refractivity contribution in [2.75, 3.05) is 11.9 Å². The minimum absolute atomic E-state index is 0.139. The van der Waals surface area contributed by atoms with Gasteiger partial charge in [-0.05, 0) is 61.7 Å². The van der Waals surface area contributed by atoms with Gasteiger partial charge in [-0.15, -0.1) is 0 Å². The zero-order chi connectivity index (χ0) is 20.6. The van der Waals surface area contributed by atoms with Gasteiger partial charge in [-0.1, -0.05) is 48.5 Å². The molecule has 146 valence electrons. The van der Waals surface area contributed by atoms with E-state index in [9.17, 15) is 4.39 Å². The summed E-state index contributed by atoms with van der Waals surface area (Å²) in [5.74, 6) is -0.259. The summed E-state index contributed by atoms with van der Waals surface area (Å²) in [6.07, 6.45) is 3.83. The highest BCUT2D eigenvalue weighted by molar-refractivity contribution is 5.89. The van der Waals surface area contributed by atoms with Gasteiger partial charge in [0.25, 0.3) is 0 Å². The molecule has 0 saturated carbocycles. The molecule has 0 spiro atoms. The van der Waals surface area contributed by atoms with Crippen LogP contribution < -0.4 is 4.90 Å². The van der Waals surface area contributed by atoms with Gasteiger partial charge in [0, 0.05) is 30.1 Å². The van der Waals surface area contributed by atoms with Crippen LogP contribution in [0.4, 0.5) is 15.8 Å². The van der Waals surface area contributed by atoms with Crippen molar-refractivity contribution in [1.29, 1.82) is 0 Å². The van der Waals surface area contributed by atoms with Crippen molar-refractivity contribution in [3.05, 3.63) is 89.8 Å². The van der Waals surface area contributed by atoms with Crippen molar-refractivity contribution in [2.45, 2.75) is 26.3 Å². The average Bonchev–Trinajstić information content (AvgIpc) is 2.72. The molecule has 0 bridgehead atoms. The molecular formula is C26H25FN2. The largest absolute Gasteiger partial charge is 0.365 e. The summed E-state index contributed by atoms with van der Waals surface area (Å²) < 4.78 is 14.8. The maximum atomic E-state index is 14.8. The van der Waals surface area contributed by atoms with Gasteiger partial charge in [0.05, 0.1) is 11.2 Å². The van der Waals surface area contributed by atoms with Crippen LogP contribution in [-0.2, 0) is 0 Å². The monoisotopic (exact) mass is 384 g/mol. The molecule has 0 unspecified atom stereocenters. The van der Waals surface area contributed by atoms with E-state index in [0.717, 1.165) is 33.6 Å². The second-order valence-corrected chi connectivity index (χ2v) is 8.10. The number of hydrogen-bond acceptors (Lipinski definition) is 2. The zero-order valence-corrected chi connectivity index (χ0v) is 17.3. The molecule has 3 aromatic rings. The Morgan fingerprint density at radius 1 is 0.931 bits per heavy atom. The molecule has 29 heavy (non-hydrogen) atoms. The minimum Gasteiger partial charge on any atom is -0.365 e. The quantitative estimate of drug-likeness (QED) is 0.450. The summed E-state index contributed by atoms with van der Waals surface area (Å²) in [4.78, 5) is 6.61. The Balaban J connectivity index is 1.62. The summed E-state index contributed by atoms with van der Waals surface area (Å²) in [5.41, 5.74) is 6.58. The fraction of sp³-hybridized carbons (Fsp3) is 0.192. The third-order valence-electron chi connectivity index (χ3n) is 5.66. The molecule has 3 heteroatoms. The van der Waals surface area contributed by atoms with E-state index in [1.807, 2.05) is 55.6 Å². The molecule has 3 aromatic carbocycles. The van der Waals surface area contributed by atoms with Crippen molar-refractivity contribution in [1.82, 2.24) is 0 Å². The number of rotatable bonds is 3. The summed E-state index contributed by atoms with van der Waals surface area (Å²) >= 11 is 0. The van der Waals surface area contributed by atoms with E-state index in [0.29, 0.717) is 5.56 Å². The number of halogens is 1. The van der Waals surface area contributed by atoms with E-state index in [-0.39, 0.29) is 11.4 Å². The minimum atomic E-state index is -0.259. The summed E-state index contributed by atoms with van der Waals surface area (Å²) in [6.45, 7) is 6.34. The van der Waals surface area contributed by atoms with Crippen molar-refractivity contribution in [3.8, 4) is 11.1 Å². The van der Waals surface area contributed by atoms with Gasteiger partial charge in [0.2, 0.25) is 0 Å². The number of anilines is 1. The Labute approximate surface area is 172 Å². The van der Waals surface area contributed by atoms with Crippen molar-refractivity contribution in [3.63, 3.8) is 0 Å². The molecule has 1 aliphatic heterocycles. The topological polar surface area (TPSA) is 15.6 Å². The molecule has 1 aliphatic rings. The maximum Gasteiger partial charge on any atom is 0.134 e. The molecule has 0 atom stereocenters. The lowest BCUT2D eigenvalue weighted by molar-refractivity contribution is 0.589. The second kappa shape index (κ2) is 7.32. The second-order valence-electron chi connectivity index (χ2n) is 8.10. The van der Waals surface area contributed by atoms with Crippen LogP contribution in [0.15, 0.2) is 77.8 Å². The predicted octanol–water partition coefficient (Wildman–Crippen LogP) is 6.88. The van der Waals surface area contributed by atoms with Gasteiger partial charge in [0.15, 0.2) is 0 Å². The molecule has 1 heterocycles. The number of hydrogen-bond donors (Lipinski definition) is 0. The Hall–Kier alpha value is -3.20. The lowest BCUT2D eigenvalue weighted by Gasteiger charge is -2.40. The molecule has 2 nitrogen and oxygen atoms in total. The highest BCUT2D eigenvalue weighted by atomic mass is 19.1. The Kier molecular flexibility index (Phi) is 4.83. The van der Waals surface area contributed by atoms with E-state index in [1.54, 1.807) is 12.3 Å². The number of allylic oxidation sites excluding steroid dienone is 1. The summed E-state index contributed by atoms with van der Waals surface area (Å²) in [7, 11) is 2.00. The normalized spacial score (nSPS) is 15.3. The first-order valence-electron chi connectivity index (χ1n) is 9.82. The molecule has 0 aromatic heterocycles. The fourth-order valence-corrected chi connectivity index (χ4v) is 3.80. The highest BCUT2D eigenvalue weighted by Gasteiger charge is 2.29. The van der Waals surface area contributed by atoms with Crippen LogP contribution in [0.1, 0.15) is 31.9 Å². The fourth-order valence-electron chi connectivity index (χ4n) is 3.80. The third kappa shape index (κ3) is 3.73. The number of likely N-dealkylation sites (N-methyl/N-ethyl adjacent to an activating group) is 1. The number of benzene rings is 3. The first-order chi connectivity index (χ1) is 13.8. The van der Waals surface area contributed by atoms with E-state index in [2.05, 4.69) is 48.9 Å². The van der Waals surface area contributed by atoms with Gasteiger partial charge in [0.1, 0.15) is 5.82 Å². The van der Waals surface area contributed by atoms with E-state index in [4.69, 9.17) is 0 Å². The van der Waals surface area contributed by atoms with E-state index in [1.165, 1.54) is 0 Å². The van der Waals surface area contributed by atoms with Gasteiger partial charge in [-0.2, -0.15) is 0 Å². The van der Waals surface area contributed by atoms with Gasteiger partial charge in [-0.25, -0.2) is 4.39 Å². The molecule has 4 rings (SSSR count). The molecule has 0 radical (unpaired) electrons. The number of aliphatic imine (C=N–C) groups is 1. The molecule has 0 saturated heterocycles. The van der Waals surface area contributed by atoms with Crippen LogP contribution in [0.25, 0.3) is 16.7 Å².